The van der Waals surface area contributed by atoms with Gasteiger partial charge in [0.25, 0.3) is 0 Å². The molecule has 10 atom stereocenters. The molecule has 0 radical (unpaired) electrons. The van der Waals surface area contributed by atoms with E-state index >= 15 is 0 Å². The molecule has 0 heterocycles. The van der Waals surface area contributed by atoms with Crippen molar-refractivity contribution in [2.75, 3.05) is 7.11 Å². The fraction of sp³-hybridized carbons (Fsp3) is 0.968. The summed E-state index contributed by atoms with van der Waals surface area (Å²) in [4.78, 5) is 11.2. The monoisotopic (exact) mass is 520 g/mol. The van der Waals surface area contributed by atoms with Gasteiger partial charge in [0.15, 0.2) is 8.32 Å². The minimum Gasteiger partial charge on any atom is -0.481 e. The van der Waals surface area contributed by atoms with Gasteiger partial charge in [-0.1, -0.05) is 41.5 Å². The molecule has 0 aromatic heterocycles. The highest BCUT2D eigenvalue weighted by molar-refractivity contribution is 6.74. The van der Waals surface area contributed by atoms with Gasteiger partial charge in [0, 0.05) is 19.6 Å². The maximum Gasteiger partial charge on any atom is 0.303 e. The maximum absolute atomic E-state index is 11.2. The predicted octanol–water partition coefficient (Wildman–Crippen LogP) is 8.16. The SMILES string of the molecule is CO[C@@H]1C[C@H]2C[C@H](O[Si](C)(C)C(C)(C)C)CC[C@]2(C)[C@H]2CC[C@]3(C)[C@@H](C(C)CCC(=O)O)CC[C@H]3[C@H]12. The van der Waals surface area contributed by atoms with Crippen LogP contribution in [-0.4, -0.2) is 38.7 Å². The van der Waals surface area contributed by atoms with E-state index in [1.54, 1.807) is 0 Å². The van der Waals surface area contributed by atoms with Crippen LogP contribution in [-0.2, 0) is 14.0 Å². The number of fused-ring (bicyclic) bond motifs is 5. The Bertz CT molecular complexity index is 805. The Morgan fingerprint density at radius 1 is 1.03 bits per heavy atom. The number of carbonyl (C=O) groups is 1. The predicted molar refractivity (Wildman–Crippen MR) is 150 cm³/mol. The standard InChI is InChI=1S/C31H56O4Si/c1-20(10-13-27(32)33)23-11-12-24-28-25(15-17-31(23,24)6)30(5)16-14-22(18-21(30)19-26(28)34-7)35-36(8,9)29(2,3)4/h20-26,28H,10-19H2,1-9H3,(H,32,33)/t20?,21-,22-,23-,24+,25+,26-,28+,30+,31-/m1/s1. The Kier molecular flexibility index (Phi) is 7.93. The molecule has 4 rings (SSSR count). The van der Waals surface area contributed by atoms with Gasteiger partial charge in [0.05, 0.1) is 6.10 Å². The van der Waals surface area contributed by atoms with Crippen molar-refractivity contribution in [3.05, 3.63) is 0 Å². The van der Waals surface area contributed by atoms with E-state index in [0.29, 0.717) is 53.1 Å². The summed E-state index contributed by atoms with van der Waals surface area (Å²) in [6.45, 7) is 19.4. The highest BCUT2D eigenvalue weighted by atomic mass is 28.4. The second-order valence-electron chi connectivity index (χ2n) is 15.4. The number of aliphatic carboxylic acids is 1. The molecule has 0 spiro atoms. The molecule has 36 heavy (non-hydrogen) atoms. The number of carboxylic acids is 1. The summed E-state index contributed by atoms with van der Waals surface area (Å²) < 4.78 is 13.3. The Labute approximate surface area is 222 Å². The van der Waals surface area contributed by atoms with Crippen LogP contribution in [0.25, 0.3) is 0 Å². The quantitative estimate of drug-likeness (QED) is 0.344. The molecule has 4 fully saturated rings. The van der Waals surface area contributed by atoms with Crippen molar-refractivity contribution in [3.63, 3.8) is 0 Å². The van der Waals surface area contributed by atoms with Crippen molar-refractivity contribution in [2.24, 2.45) is 46.3 Å². The van der Waals surface area contributed by atoms with Crippen molar-refractivity contribution in [1.82, 2.24) is 0 Å². The Balaban J connectivity index is 1.52. The average molecular weight is 521 g/mol. The molecule has 4 nitrogen and oxygen atoms in total. The lowest BCUT2D eigenvalue weighted by molar-refractivity contribution is -0.181. The van der Waals surface area contributed by atoms with Crippen LogP contribution in [0.3, 0.4) is 0 Å². The number of methoxy groups -OCH3 is 1. The van der Waals surface area contributed by atoms with E-state index in [1.807, 2.05) is 7.11 Å². The highest BCUT2D eigenvalue weighted by Gasteiger charge is 2.63. The van der Waals surface area contributed by atoms with Gasteiger partial charge in [-0.25, -0.2) is 0 Å². The van der Waals surface area contributed by atoms with Crippen molar-refractivity contribution in [1.29, 1.82) is 0 Å². The molecule has 0 aliphatic heterocycles. The third kappa shape index (κ3) is 4.88. The molecule has 1 unspecified atom stereocenters. The Hall–Kier alpha value is -0.393. The van der Waals surface area contributed by atoms with E-state index in [2.05, 4.69) is 54.6 Å². The van der Waals surface area contributed by atoms with Gasteiger partial charge < -0.3 is 14.3 Å². The molecular weight excluding hydrogens is 464 g/mol. The molecule has 0 bridgehead atoms. The van der Waals surface area contributed by atoms with Gasteiger partial charge in [0.2, 0.25) is 0 Å². The van der Waals surface area contributed by atoms with Crippen LogP contribution in [0.4, 0.5) is 0 Å². The van der Waals surface area contributed by atoms with E-state index in [1.165, 1.54) is 51.4 Å². The number of hydrogen-bond donors (Lipinski definition) is 1. The fourth-order valence-electron chi connectivity index (χ4n) is 9.64. The summed E-state index contributed by atoms with van der Waals surface area (Å²) in [5.41, 5.74) is 0.739. The summed E-state index contributed by atoms with van der Waals surface area (Å²) in [6, 6.07) is 0. The molecule has 4 aliphatic carbocycles. The van der Waals surface area contributed by atoms with Crippen molar-refractivity contribution >= 4 is 14.3 Å². The molecule has 0 aromatic rings. The van der Waals surface area contributed by atoms with Crippen LogP contribution >= 0.6 is 0 Å². The molecule has 208 valence electrons. The average Bonchev–Trinajstić information content (AvgIpc) is 3.13. The lowest BCUT2D eigenvalue weighted by atomic mass is 9.43. The van der Waals surface area contributed by atoms with Crippen LogP contribution in [0.5, 0.6) is 0 Å². The Morgan fingerprint density at radius 2 is 1.67 bits per heavy atom. The zero-order chi connectivity index (χ0) is 26.7. The number of carboxylic acid groups (broad SMARTS) is 1. The lowest BCUT2D eigenvalue weighted by Crippen LogP contribution is -2.59. The van der Waals surface area contributed by atoms with E-state index < -0.39 is 14.3 Å². The van der Waals surface area contributed by atoms with Crippen LogP contribution in [0.1, 0.15) is 106 Å². The van der Waals surface area contributed by atoms with E-state index in [4.69, 9.17) is 9.16 Å². The van der Waals surface area contributed by atoms with Gasteiger partial charge in [-0.15, -0.1) is 0 Å². The third-order valence-corrected chi connectivity index (χ3v) is 17.3. The molecular formula is C31H56O4Si. The van der Waals surface area contributed by atoms with Gasteiger partial charge in [-0.2, -0.15) is 0 Å². The Morgan fingerprint density at radius 3 is 2.28 bits per heavy atom. The molecule has 1 N–H and O–H groups in total. The highest BCUT2D eigenvalue weighted by Crippen LogP contribution is 2.69. The maximum atomic E-state index is 11.2. The van der Waals surface area contributed by atoms with E-state index in [-0.39, 0.29) is 5.04 Å². The summed E-state index contributed by atoms with van der Waals surface area (Å²) >= 11 is 0. The molecule has 5 heteroatoms. The second-order valence-corrected chi connectivity index (χ2v) is 20.2. The number of hydrogen-bond acceptors (Lipinski definition) is 3. The van der Waals surface area contributed by atoms with Gasteiger partial charge in [-0.3, -0.25) is 4.79 Å². The first-order valence-corrected chi connectivity index (χ1v) is 18.0. The zero-order valence-electron chi connectivity index (χ0n) is 24.9. The summed E-state index contributed by atoms with van der Waals surface area (Å²) in [5, 5.41) is 9.52. The summed E-state index contributed by atoms with van der Waals surface area (Å²) in [6.07, 6.45) is 12.0. The number of rotatable bonds is 7. The van der Waals surface area contributed by atoms with Gasteiger partial charge in [-0.05, 0) is 122 Å². The van der Waals surface area contributed by atoms with E-state index in [0.717, 1.165) is 18.3 Å². The van der Waals surface area contributed by atoms with Crippen LogP contribution < -0.4 is 0 Å². The minimum atomic E-state index is -1.76. The first-order valence-electron chi connectivity index (χ1n) is 15.1. The zero-order valence-corrected chi connectivity index (χ0v) is 25.9. The first kappa shape index (κ1) is 28.6. The topological polar surface area (TPSA) is 55.8 Å². The van der Waals surface area contributed by atoms with Gasteiger partial charge in [0.1, 0.15) is 0 Å². The van der Waals surface area contributed by atoms with Crippen molar-refractivity contribution in [3.8, 4) is 0 Å². The lowest BCUT2D eigenvalue weighted by Gasteiger charge is -2.63. The van der Waals surface area contributed by atoms with Crippen molar-refractivity contribution in [2.45, 2.75) is 136 Å². The van der Waals surface area contributed by atoms with Crippen LogP contribution in [0.15, 0.2) is 0 Å². The third-order valence-electron chi connectivity index (χ3n) is 12.8. The molecule has 0 saturated heterocycles. The second kappa shape index (κ2) is 9.97. The van der Waals surface area contributed by atoms with Crippen LogP contribution in [0, 0.1) is 46.3 Å². The summed E-state index contributed by atoms with van der Waals surface area (Å²) in [5.74, 6) is 3.32. The summed E-state index contributed by atoms with van der Waals surface area (Å²) in [7, 11) is 0.202. The molecule has 0 aromatic carbocycles. The van der Waals surface area contributed by atoms with Gasteiger partial charge >= 0.3 is 5.97 Å². The smallest absolute Gasteiger partial charge is 0.303 e. The first-order chi connectivity index (χ1) is 16.6. The molecule has 4 saturated carbocycles. The number of ether oxygens (including phenoxy) is 1. The largest absolute Gasteiger partial charge is 0.481 e. The molecule has 4 aliphatic rings. The van der Waals surface area contributed by atoms with Crippen molar-refractivity contribution < 1.29 is 19.1 Å². The molecule has 0 amide bonds. The van der Waals surface area contributed by atoms with E-state index in [9.17, 15) is 9.90 Å². The fourth-order valence-corrected chi connectivity index (χ4v) is 11.0. The normalized spacial score (nSPS) is 43.9. The minimum absolute atomic E-state index is 0.259. The van der Waals surface area contributed by atoms with Crippen LogP contribution in [0.2, 0.25) is 18.1 Å².